The molecule has 0 heterocycles. The Labute approximate surface area is 498 Å². The molecule has 6 nitrogen and oxygen atoms in total. The van der Waals surface area contributed by atoms with Crippen molar-refractivity contribution in [1.29, 1.82) is 0 Å². The summed E-state index contributed by atoms with van der Waals surface area (Å²) in [5.41, 5.74) is 0. The predicted molar refractivity (Wildman–Crippen MR) is 348 cm³/mol. The molecule has 0 aromatic rings. The second-order valence-corrected chi connectivity index (χ2v) is 23.8. The summed E-state index contributed by atoms with van der Waals surface area (Å²) in [6, 6.07) is 0. The number of allylic oxidation sites excluding steroid dienone is 10. The molecule has 0 radical (unpaired) electrons. The molecule has 0 N–H and O–H groups in total. The molecule has 0 aromatic heterocycles. The van der Waals surface area contributed by atoms with E-state index in [1.807, 2.05) is 0 Å². The van der Waals surface area contributed by atoms with Crippen molar-refractivity contribution in [2.45, 2.75) is 380 Å². The predicted octanol–water partition coefficient (Wildman–Crippen LogP) is 24.3. The van der Waals surface area contributed by atoms with E-state index in [1.165, 1.54) is 250 Å². The molecule has 0 aromatic carbocycles. The first-order chi connectivity index (χ1) is 39.5. The zero-order valence-electron chi connectivity index (χ0n) is 53.6. The number of unbranched alkanes of at least 4 members (excludes halogenated alkanes) is 44. The Kier molecular flexibility index (Phi) is 66.1. The van der Waals surface area contributed by atoms with Gasteiger partial charge < -0.3 is 14.2 Å². The number of hydrogen-bond acceptors (Lipinski definition) is 6. The van der Waals surface area contributed by atoms with Crippen LogP contribution in [0.5, 0.6) is 0 Å². The van der Waals surface area contributed by atoms with E-state index < -0.39 is 6.10 Å². The second-order valence-electron chi connectivity index (χ2n) is 23.8. The molecule has 80 heavy (non-hydrogen) atoms. The van der Waals surface area contributed by atoms with Crippen LogP contribution >= 0.6 is 0 Å². The van der Waals surface area contributed by atoms with Gasteiger partial charge in [0.05, 0.1) is 0 Å². The Morgan fingerprint density at radius 2 is 0.450 bits per heavy atom. The standard InChI is InChI=1S/C74H134O6/c1-4-7-10-13-16-19-22-25-28-31-34-35-36-37-38-39-41-43-46-49-52-55-58-61-64-67-73(76)79-70-71(69-78-72(75)66-63-60-57-54-51-48-45-42-33-30-27-24-21-18-15-12-9-6-3)80-74(77)68-65-62-59-56-53-50-47-44-40-32-29-26-23-20-17-14-11-8-5-2/h17,20,26,29-31,33-34,40,44,71H,4-16,18-19,21-25,27-28,32,35-39,41-43,45-70H2,1-3H3/b20-17-,29-26-,33-30-,34-31-,44-40-. The summed E-state index contributed by atoms with van der Waals surface area (Å²) in [6.07, 6.45) is 88.1. The number of carbonyl (C=O) groups is 3. The number of rotatable bonds is 65. The zero-order valence-corrected chi connectivity index (χ0v) is 53.6. The largest absolute Gasteiger partial charge is 0.462 e. The van der Waals surface area contributed by atoms with Crippen LogP contribution in [0.15, 0.2) is 60.8 Å². The van der Waals surface area contributed by atoms with Crippen LogP contribution in [0.25, 0.3) is 0 Å². The molecule has 0 saturated heterocycles. The van der Waals surface area contributed by atoms with Gasteiger partial charge in [0.1, 0.15) is 13.2 Å². The molecule has 1 unspecified atom stereocenters. The average molecular weight is 1120 g/mol. The van der Waals surface area contributed by atoms with E-state index in [-0.39, 0.29) is 31.1 Å². The van der Waals surface area contributed by atoms with Crippen molar-refractivity contribution in [3.63, 3.8) is 0 Å². The summed E-state index contributed by atoms with van der Waals surface area (Å²) in [7, 11) is 0. The third-order valence-corrected chi connectivity index (χ3v) is 15.7. The molecule has 0 bridgehead atoms. The summed E-state index contributed by atoms with van der Waals surface area (Å²) in [5.74, 6) is -0.873. The van der Waals surface area contributed by atoms with Crippen LogP contribution in [0.2, 0.25) is 0 Å². The molecule has 0 aliphatic rings. The normalized spacial score (nSPS) is 12.4. The SMILES string of the molecule is CCCCC/C=C\C/C=C\C/C=C\CCCCCCCCC(=O)OC(COC(=O)CCCCCCCCC/C=C\CCCCCCCCC)COC(=O)CCCCCCCCCCCCCCC/C=C\CCCCCCCCCC. The van der Waals surface area contributed by atoms with Crippen LogP contribution in [0.4, 0.5) is 0 Å². The first kappa shape index (κ1) is 77.1. The Balaban J connectivity index is 4.33. The minimum absolute atomic E-state index is 0.0785. The lowest BCUT2D eigenvalue weighted by molar-refractivity contribution is -0.167. The summed E-state index contributed by atoms with van der Waals surface area (Å²) in [4.78, 5) is 38.5. The highest BCUT2D eigenvalue weighted by Gasteiger charge is 2.19. The molecule has 1 atom stereocenters. The molecule has 0 spiro atoms. The lowest BCUT2D eigenvalue weighted by Gasteiger charge is -2.18. The average Bonchev–Trinajstić information content (AvgIpc) is 3.46. The van der Waals surface area contributed by atoms with Gasteiger partial charge in [0.2, 0.25) is 0 Å². The van der Waals surface area contributed by atoms with Crippen molar-refractivity contribution in [3.05, 3.63) is 60.8 Å². The van der Waals surface area contributed by atoms with Gasteiger partial charge in [0.25, 0.3) is 0 Å². The zero-order chi connectivity index (χ0) is 57.8. The third-order valence-electron chi connectivity index (χ3n) is 15.7. The topological polar surface area (TPSA) is 78.9 Å². The monoisotopic (exact) mass is 1120 g/mol. The van der Waals surface area contributed by atoms with E-state index in [0.717, 1.165) is 83.5 Å². The second kappa shape index (κ2) is 68.6. The van der Waals surface area contributed by atoms with Gasteiger partial charge in [-0.25, -0.2) is 0 Å². The minimum Gasteiger partial charge on any atom is -0.462 e. The van der Waals surface area contributed by atoms with Crippen molar-refractivity contribution in [1.82, 2.24) is 0 Å². The first-order valence-electron chi connectivity index (χ1n) is 35.3. The van der Waals surface area contributed by atoms with Crippen LogP contribution in [-0.2, 0) is 28.6 Å². The van der Waals surface area contributed by atoms with E-state index >= 15 is 0 Å². The van der Waals surface area contributed by atoms with Gasteiger partial charge in [-0.3, -0.25) is 14.4 Å². The van der Waals surface area contributed by atoms with Crippen LogP contribution in [0.3, 0.4) is 0 Å². The molecule has 0 aliphatic carbocycles. The van der Waals surface area contributed by atoms with Gasteiger partial charge in [-0.05, 0) is 109 Å². The van der Waals surface area contributed by atoms with Gasteiger partial charge in [0, 0.05) is 19.3 Å². The third kappa shape index (κ3) is 65.9. The summed E-state index contributed by atoms with van der Waals surface area (Å²) < 4.78 is 17.0. The van der Waals surface area contributed by atoms with Crippen LogP contribution < -0.4 is 0 Å². The van der Waals surface area contributed by atoms with Gasteiger partial charge in [-0.2, -0.15) is 0 Å². The first-order valence-corrected chi connectivity index (χ1v) is 35.3. The maximum atomic E-state index is 12.9. The fraction of sp³-hybridized carbons (Fsp3) is 0.824. The van der Waals surface area contributed by atoms with Gasteiger partial charge in [0.15, 0.2) is 6.10 Å². The number of hydrogen-bond donors (Lipinski definition) is 0. The van der Waals surface area contributed by atoms with E-state index in [0.29, 0.717) is 19.3 Å². The highest BCUT2D eigenvalue weighted by Crippen LogP contribution is 2.17. The van der Waals surface area contributed by atoms with Crippen molar-refractivity contribution >= 4 is 17.9 Å². The van der Waals surface area contributed by atoms with E-state index in [9.17, 15) is 14.4 Å². The maximum absolute atomic E-state index is 12.9. The molecule has 0 fully saturated rings. The van der Waals surface area contributed by atoms with Gasteiger partial charge >= 0.3 is 17.9 Å². The number of ether oxygens (including phenoxy) is 3. The van der Waals surface area contributed by atoms with E-state index in [1.54, 1.807) is 0 Å². The molecule has 0 amide bonds. The highest BCUT2D eigenvalue weighted by atomic mass is 16.6. The molecule has 0 aliphatic heterocycles. The molecule has 0 rings (SSSR count). The van der Waals surface area contributed by atoms with Crippen molar-refractivity contribution < 1.29 is 28.6 Å². The maximum Gasteiger partial charge on any atom is 0.306 e. The highest BCUT2D eigenvalue weighted by molar-refractivity contribution is 5.71. The van der Waals surface area contributed by atoms with Gasteiger partial charge in [-0.15, -0.1) is 0 Å². The van der Waals surface area contributed by atoms with Gasteiger partial charge in [-0.1, -0.05) is 306 Å². The Hall–Kier alpha value is -2.89. The summed E-state index contributed by atoms with van der Waals surface area (Å²) in [6.45, 7) is 6.66. The summed E-state index contributed by atoms with van der Waals surface area (Å²) in [5, 5.41) is 0. The molecule has 0 saturated carbocycles. The molecule has 6 heteroatoms. The van der Waals surface area contributed by atoms with Crippen molar-refractivity contribution in [3.8, 4) is 0 Å². The van der Waals surface area contributed by atoms with E-state index in [2.05, 4.69) is 81.5 Å². The van der Waals surface area contributed by atoms with Crippen LogP contribution in [0.1, 0.15) is 374 Å². The van der Waals surface area contributed by atoms with Crippen LogP contribution in [-0.4, -0.2) is 37.2 Å². The Morgan fingerprint density at radius 1 is 0.250 bits per heavy atom. The number of esters is 3. The van der Waals surface area contributed by atoms with Crippen LogP contribution in [0, 0.1) is 0 Å². The Morgan fingerprint density at radius 3 is 0.738 bits per heavy atom. The van der Waals surface area contributed by atoms with Crippen molar-refractivity contribution in [2.75, 3.05) is 13.2 Å². The minimum atomic E-state index is -0.784. The fourth-order valence-corrected chi connectivity index (χ4v) is 10.4. The fourth-order valence-electron chi connectivity index (χ4n) is 10.4. The lowest BCUT2D eigenvalue weighted by atomic mass is 10.0. The Bertz CT molecular complexity index is 1430. The molecular formula is C74H134O6. The van der Waals surface area contributed by atoms with Crippen molar-refractivity contribution in [2.24, 2.45) is 0 Å². The molecular weight excluding hydrogens is 985 g/mol. The lowest BCUT2D eigenvalue weighted by Crippen LogP contribution is -2.30. The molecule has 466 valence electrons. The smallest absolute Gasteiger partial charge is 0.306 e. The summed E-state index contributed by atoms with van der Waals surface area (Å²) >= 11 is 0. The van der Waals surface area contributed by atoms with E-state index in [4.69, 9.17) is 14.2 Å². The number of carbonyl (C=O) groups excluding carboxylic acids is 3. The quantitative estimate of drug-likeness (QED) is 0.0261.